The molecule has 3 N–H and O–H groups in total. The molecule has 1 aliphatic rings. The summed E-state index contributed by atoms with van der Waals surface area (Å²) >= 11 is 0. The van der Waals surface area contributed by atoms with E-state index in [1.54, 1.807) is 19.0 Å². The molecule has 1 aliphatic heterocycles. The third-order valence-corrected chi connectivity index (χ3v) is 3.26. The molecule has 1 heterocycles. The predicted molar refractivity (Wildman–Crippen MR) is 69.3 cm³/mol. The Morgan fingerprint density at radius 1 is 1.37 bits per heavy atom. The lowest BCUT2D eigenvalue weighted by atomic mass is 9.94. The van der Waals surface area contributed by atoms with Crippen molar-refractivity contribution in [3.63, 3.8) is 0 Å². The summed E-state index contributed by atoms with van der Waals surface area (Å²) in [5.41, 5.74) is 7.56. The highest BCUT2D eigenvalue weighted by Crippen LogP contribution is 2.38. The molecule has 0 radical (unpaired) electrons. The van der Waals surface area contributed by atoms with Crippen LogP contribution in [-0.4, -0.2) is 42.9 Å². The Labute approximate surface area is 111 Å². The fourth-order valence-electron chi connectivity index (χ4n) is 2.31. The van der Waals surface area contributed by atoms with Gasteiger partial charge in [0.15, 0.2) is 11.5 Å². The lowest BCUT2D eigenvalue weighted by Gasteiger charge is -2.29. The van der Waals surface area contributed by atoms with Crippen LogP contribution in [0.5, 0.6) is 11.5 Å². The van der Waals surface area contributed by atoms with Gasteiger partial charge in [-0.15, -0.1) is 0 Å². The number of nitrogens with two attached hydrogens (primary N) is 1. The normalized spacial score (nSPS) is 16.5. The van der Waals surface area contributed by atoms with Crippen LogP contribution in [0.15, 0.2) is 12.1 Å². The minimum atomic E-state index is -1.03. The fourth-order valence-corrected chi connectivity index (χ4v) is 2.31. The Morgan fingerprint density at radius 2 is 1.95 bits per heavy atom. The minimum Gasteiger partial charge on any atom is -0.480 e. The zero-order chi connectivity index (χ0) is 14.2. The molecule has 1 aromatic carbocycles. The average Bonchev–Trinajstić information content (AvgIpc) is 2.75. The van der Waals surface area contributed by atoms with E-state index in [-0.39, 0.29) is 6.79 Å². The molecule has 2 atom stereocenters. The molecule has 104 valence electrons. The van der Waals surface area contributed by atoms with Gasteiger partial charge in [-0.05, 0) is 44.3 Å². The van der Waals surface area contributed by atoms with Gasteiger partial charge in [0.2, 0.25) is 6.79 Å². The number of aryl methyl sites for hydroxylation is 1. The summed E-state index contributed by atoms with van der Waals surface area (Å²) in [6.07, 6.45) is 0. The third-order valence-electron chi connectivity index (χ3n) is 3.26. The highest BCUT2D eigenvalue weighted by atomic mass is 16.7. The van der Waals surface area contributed by atoms with Crippen LogP contribution in [0.3, 0.4) is 0 Å². The Balaban J connectivity index is 2.45. The molecule has 0 spiro atoms. The van der Waals surface area contributed by atoms with Crippen LogP contribution in [-0.2, 0) is 4.79 Å². The number of carboxylic acid groups (broad SMARTS) is 1. The number of ether oxygens (including phenoxy) is 2. The van der Waals surface area contributed by atoms with Gasteiger partial charge in [-0.3, -0.25) is 4.79 Å². The van der Waals surface area contributed by atoms with Crippen molar-refractivity contribution < 1.29 is 19.4 Å². The van der Waals surface area contributed by atoms with Gasteiger partial charge < -0.3 is 25.2 Å². The van der Waals surface area contributed by atoms with Gasteiger partial charge in [-0.2, -0.15) is 0 Å². The summed E-state index contributed by atoms with van der Waals surface area (Å²) in [5.74, 6) is 0.281. The molecule has 0 aromatic heterocycles. The maximum Gasteiger partial charge on any atom is 0.322 e. The lowest BCUT2D eigenvalue weighted by Crippen LogP contribution is -2.43. The zero-order valence-electron chi connectivity index (χ0n) is 11.2. The van der Waals surface area contributed by atoms with Gasteiger partial charge in [0.25, 0.3) is 0 Å². The molecular weight excluding hydrogens is 248 g/mol. The topological polar surface area (TPSA) is 85.0 Å². The molecule has 19 heavy (non-hydrogen) atoms. The summed E-state index contributed by atoms with van der Waals surface area (Å²) in [4.78, 5) is 13.0. The number of rotatable bonds is 4. The Bertz CT molecular complexity index is 502. The van der Waals surface area contributed by atoms with E-state index in [4.69, 9.17) is 20.3 Å². The van der Waals surface area contributed by atoms with Gasteiger partial charge in [0.1, 0.15) is 6.04 Å². The standard InChI is InChI=1S/C13H18N2O4/c1-7-4-9-10(19-6-18-9)5-8(7)12(15(2)3)11(14)13(16)17/h4-5,11-12H,6,14H2,1-3H3,(H,16,17). The van der Waals surface area contributed by atoms with E-state index in [2.05, 4.69) is 0 Å². The van der Waals surface area contributed by atoms with Crippen LogP contribution >= 0.6 is 0 Å². The second kappa shape index (κ2) is 5.07. The van der Waals surface area contributed by atoms with Crippen LogP contribution < -0.4 is 15.2 Å². The van der Waals surface area contributed by atoms with E-state index in [0.717, 1.165) is 11.1 Å². The van der Waals surface area contributed by atoms with Crippen LogP contribution in [0.4, 0.5) is 0 Å². The van der Waals surface area contributed by atoms with E-state index in [1.807, 2.05) is 19.1 Å². The average molecular weight is 266 g/mol. The van der Waals surface area contributed by atoms with Gasteiger partial charge in [0, 0.05) is 0 Å². The molecule has 0 bridgehead atoms. The van der Waals surface area contributed by atoms with Crippen LogP contribution in [0.1, 0.15) is 17.2 Å². The number of fused-ring (bicyclic) bond motifs is 1. The summed E-state index contributed by atoms with van der Waals surface area (Å²) in [6, 6.07) is 2.23. The van der Waals surface area contributed by atoms with Crippen molar-refractivity contribution in [2.24, 2.45) is 5.73 Å². The molecule has 0 aliphatic carbocycles. The van der Waals surface area contributed by atoms with Crippen LogP contribution in [0.2, 0.25) is 0 Å². The summed E-state index contributed by atoms with van der Waals surface area (Å²) in [7, 11) is 3.61. The van der Waals surface area contributed by atoms with Crippen molar-refractivity contribution in [2.45, 2.75) is 19.0 Å². The number of aliphatic carboxylic acids is 1. The number of benzene rings is 1. The SMILES string of the molecule is Cc1cc2c(cc1C(C(N)C(=O)O)N(C)C)OCO2. The Kier molecular flexibility index (Phi) is 3.64. The number of likely N-dealkylation sites (N-methyl/N-ethyl adjacent to an activating group) is 1. The molecular formula is C13H18N2O4. The maximum atomic E-state index is 11.2. The molecule has 0 saturated heterocycles. The van der Waals surface area contributed by atoms with Gasteiger partial charge in [-0.1, -0.05) is 0 Å². The first-order valence-electron chi connectivity index (χ1n) is 5.96. The lowest BCUT2D eigenvalue weighted by molar-refractivity contribution is -0.140. The van der Waals surface area contributed by atoms with Crippen molar-refractivity contribution in [3.05, 3.63) is 23.3 Å². The molecule has 6 nitrogen and oxygen atoms in total. The van der Waals surface area contributed by atoms with Gasteiger partial charge in [-0.25, -0.2) is 0 Å². The highest BCUT2D eigenvalue weighted by molar-refractivity contribution is 5.74. The smallest absolute Gasteiger partial charge is 0.322 e. The highest BCUT2D eigenvalue weighted by Gasteiger charge is 2.30. The second-order valence-electron chi connectivity index (χ2n) is 4.83. The predicted octanol–water partition coefficient (Wildman–Crippen LogP) is 0.738. The first-order valence-corrected chi connectivity index (χ1v) is 5.96. The number of nitrogens with zero attached hydrogens (tertiary/aromatic N) is 1. The van der Waals surface area contributed by atoms with Crippen molar-refractivity contribution in [2.75, 3.05) is 20.9 Å². The minimum absolute atomic E-state index is 0.190. The second-order valence-corrected chi connectivity index (χ2v) is 4.83. The molecule has 0 amide bonds. The maximum absolute atomic E-state index is 11.2. The van der Waals surface area contributed by atoms with Crippen LogP contribution in [0.25, 0.3) is 0 Å². The van der Waals surface area contributed by atoms with Crippen molar-refractivity contribution in [1.82, 2.24) is 4.90 Å². The number of hydrogen-bond donors (Lipinski definition) is 2. The summed E-state index contributed by atoms with van der Waals surface area (Å²) < 4.78 is 10.6. The first-order chi connectivity index (χ1) is 8.91. The van der Waals surface area contributed by atoms with Crippen molar-refractivity contribution >= 4 is 5.97 Å². The molecule has 6 heteroatoms. The number of hydrogen-bond acceptors (Lipinski definition) is 5. The van der Waals surface area contributed by atoms with E-state index < -0.39 is 18.1 Å². The van der Waals surface area contributed by atoms with Crippen LogP contribution in [0, 0.1) is 6.92 Å². The largest absolute Gasteiger partial charge is 0.480 e. The third kappa shape index (κ3) is 2.50. The van der Waals surface area contributed by atoms with E-state index >= 15 is 0 Å². The molecule has 1 aromatic rings. The summed E-state index contributed by atoms with van der Waals surface area (Å²) in [6.45, 7) is 2.10. The van der Waals surface area contributed by atoms with Gasteiger partial charge >= 0.3 is 5.97 Å². The zero-order valence-corrected chi connectivity index (χ0v) is 11.2. The molecule has 2 unspecified atom stereocenters. The van der Waals surface area contributed by atoms with E-state index in [0.29, 0.717) is 11.5 Å². The monoisotopic (exact) mass is 266 g/mol. The number of carboxylic acids is 1. The molecule has 0 saturated carbocycles. The molecule has 0 fully saturated rings. The fraction of sp³-hybridized carbons (Fsp3) is 0.462. The number of carbonyl (C=O) groups is 1. The Morgan fingerprint density at radius 3 is 2.47 bits per heavy atom. The first kappa shape index (κ1) is 13.6. The van der Waals surface area contributed by atoms with Crippen molar-refractivity contribution in [3.8, 4) is 11.5 Å². The van der Waals surface area contributed by atoms with Gasteiger partial charge in [0.05, 0.1) is 6.04 Å². The van der Waals surface area contributed by atoms with E-state index in [1.165, 1.54) is 0 Å². The quantitative estimate of drug-likeness (QED) is 0.836. The molecule has 2 rings (SSSR count). The Hall–Kier alpha value is -1.79. The van der Waals surface area contributed by atoms with E-state index in [9.17, 15) is 4.79 Å². The summed E-state index contributed by atoms with van der Waals surface area (Å²) in [5, 5.41) is 9.14. The van der Waals surface area contributed by atoms with Crippen molar-refractivity contribution in [1.29, 1.82) is 0 Å².